The van der Waals surface area contributed by atoms with Crippen LogP contribution < -0.4 is 0 Å². The van der Waals surface area contributed by atoms with Crippen molar-refractivity contribution in [2.45, 2.75) is 19.0 Å². The fraction of sp³-hybridized carbons (Fsp3) is 0.353. The second-order valence-corrected chi connectivity index (χ2v) is 8.64. The third kappa shape index (κ3) is 5.78. The molecule has 0 saturated heterocycles. The van der Waals surface area contributed by atoms with Crippen LogP contribution in [-0.4, -0.2) is 43.8 Å². The van der Waals surface area contributed by atoms with Crippen LogP contribution in [0.2, 0.25) is 5.02 Å². The molecule has 0 radical (unpaired) electrons. The molecular formula is C17H20ClNO5S2. The molecule has 2 aromatic rings. The van der Waals surface area contributed by atoms with Crippen molar-refractivity contribution < 1.29 is 22.5 Å². The smallest absolute Gasteiger partial charge is 0.327 e. The zero-order valence-electron chi connectivity index (χ0n) is 14.4. The number of carbonyl (C=O) groups is 1. The Balaban J connectivity index is 0.000000431. The van der Waals surface area contributed by atoms with Gasteiger partial charge in [0.2, 0.25) is 0 Å². The highest BCUT2D eigenvalue weighted by atomic mass is 35.5. The first kappa shape index (κ1) is 20.9. The summed E-state index contributed by atoms with van der Waals surface area (Å²) in [4.78, 5) is 15.8. The maximum absolute atomic E-state index is 12.3. The fourth-order valence-electron chi connectivity index (χ4n) is 2.77. The van der Waals surface area contributed by atoms with Crippen LogP contribution in [0.5, 0.6) is 0 Å². The molecule has 1 aliphatic heterocycles. The van der Waals surface area contributed by atoms with Gasteiger partial charge in [-0.1, -0.05) is 29.8 Å². The predicted octanol–water partition coefficient (Wildman–Crippen LogP) is 3.18. The van der Waals surface area contributed by atoms with E-state index in [1.807, 2.05) is 24.3 Å². The molecule has 0 unspecified atom stereocenters. The molecule has 26 heavy (non-hydrogen) atoms. The molecule has 1 N–H and O–H groups in total. The van der Waals surface area contributed by atoms with Crippen LogP contribution in [0.4, 0.5) is 0 Å². The van der Waals surface area contributed by atoms with Gasteiger partial charge in [0.15, 0.2) is 0 Å². The van der Waals surface area contributed by atoms with E-state index >= 15 is 0 Å². The lowest BCUT2D eigenvalue weighted by atomic mass is 10.0. The normalized spacial score (nSPS) is 15.4. The number of fused-ring (bicyclic) bond motifs is 1. The van der Waals surface area contributed by atoms with Crippen LogP contribution in [0.15, 0.2) is 35.7 Å². The highest BCUT2D eigenvalue weighted by molar-refractivity contribution is 7.85. The second kappa shape index (κ2) is 8.96. The summed E-state index contributed by atoms with van der Waals surface area (Å²) in [7, 11) is -2.24. The van der Waals surface area contributed by atoms with Gasteiger partial charge in [0.05, 0.1) is 13.4 Å². The summed E-state index contributed by atoms with van der Waals surface area (Å²) in [5.41, 5.74) is 2.11. The van der Waals surface area contributed by atoms with E-state index in [4.69, 9.17) is 20.9 Å². The molecule has 1 aromatic carbocycles. The summed E-state index contributed by atoms with van der Waals surface area (Å²) < 4.78 is 30.9. The van der Waals surface area contributed by atoms with Crippen molar-refractivity contribution in [3.63, 3.8) is 0 Å². The number of thiophene rings is 1. The van der Waals surface area contributed by atoms with E-state index in [1.54, 1.807) is 11.3 Å². The van der Waals surface area contributed by atoms with Gasteiger partial charge in [0.25, 0.3) is 10.1 Å². The minimum atomic E-state index is -3.67. The second-order valence-electron chi connectivity index (χ2n) is 5.77. The van der Waals surface area contributed by atoms with Crippen molar-refractivity contribution in [1.82, 2.24) is 4.90 Å². The van der Waals surface area contributed by atoms with Gasteiger partial charge >= 0.3 is 5.97 Å². The number of hydrogen-bond donors (Lipinski definition) is 1. The summed E-state index contributed by atoms with van der Waals surface area (Å²) in [5.74, 6) is -0.262. The number of halogens is 1. The van der Waals surface area contributed by atoms with Gasteiger partial charge in [-0.3, -0.25) is 9.45 Å². The Morgan fingerprint density at radius 1 is 1.35 bits per heavy atom. The Kier molecular flexibility index (Phi) is 7.19. The number of hydrogen-bond acceptors (Lipinski definition) is 6. The molecule has 3 rings (SSSR count). The molecular weight excluding hydrogens is 398 g/mol. The first-order valence-corrected chi connectivity index (χ1v) is 10.8. The highest BCUT2D eigenvalue weighted by Crippen LogP contribution is 2.33. The van der Waals surface area contributed by atoms with Crippen molar-refractivity contribution in [1.29, 1.82) is 0 Å². The average Bonchev–Trinajstić information content (AvgIpc) is 3.03. The van der Waals surface area contributed by atoms with Gasteiger partial charge in [0, 0.05) is 23.0 Å². The summed E-state index contributed by atoms with van der Waals surface area (Å²) in [6.45, 7) is 1.59. The van der Waals surface area contributed by atoms with Crippen molar-refractivity contribution >= 4 is 39.0 Å². The fourth-order valence-corrected chi connectivity index (χ4v) is 3.90. The molecule has 1 aromatic heterocycles. The number of ether oxygens (including phenoxy) is 1. The van der Waals surface area contributed by atoms with E-state index in [0.717, 1.165) is 25.1 Å². The first-order chi connectivity index (χ1) is 12.2. The lowest BCUT2D eigenvalue weighted by Crippen LogP contribution is -2.38. The molecule has 0 spiro atoms. The SMILES string of the molecule is COC(=O)[C@H](c1ccccc1Cl)N1CCc2sccc2C1.CS(=O)(=O)O. The van der Waals surface area contributed by atoms with Crippen molar-refractivity contribution in [3.8, 4) is 0 Å². The van der Waals surface area contributed by atoms with Crippen molar-refractivity contribution in [2.75, 3.05) is 19.9 Å². The number of carbonyl (C=O) groups excluding carboxylic acids is 1. The lowest BCUT2D eigenvalue weighted by molar-refractivity contribution is -0.147. The maximum atomic E-state index is 12.3. The third-order valence-corrected chi connectivity index (χ3v) is 5.19. The highest BCUT2D eigenvalue weighted by Gasteiger charge is 2.32. The van der Waals surface area contributed by atoms with Crippen LogP contribution in [-0.2, 0) is 32.6 Å². The van der Waals surface area contributed by atoms with E-state index in [0.29, 0.717) is 11.3 Å². The lowest BCUT2D eigenvalue weighted by Gasteiger charge is -2.33. The minimum Gasteiger partial charge on any atom is -0.468 e. The largest absolute Gasteiger partial charge is 0.468 e. The Morgan fingerprint density at radius 2 is 2.00 bits per heavy atom. The van der Waals surface area contributed by atoms with Crippen molar-refractivity contribution in [3.05, 3.63) is 56.7 Å². The van der Waals surface area contributed by atoms with Gasteiger partial charge < -0.3 is 4.74 Å². The van der Waals surface area contributed by atoms with Crippen molar-refractivity contribution in [2.24, 2.45) is 0 Å². The molecule has 0 bridgehead atoms. The quantitative estimate of drug-likeness (QED) is 0.610. The van der Waals surface area contributed by atoms with Gasteiger partial charge in [-0.2, -0.15) is 8.42 Å². The van der Waals surface area contributed by atoms with Crippen LogP contribution >= 0.6 is 22.9 Å². The number of nitrogens with zero attached hydrogens (tertiary/aromatic N) is 1. The molecule has 0 aliphatic carbocycles. The van der Waals surface area contributed by atoms with Gasteiger partial charge in [-0.15, -0.1) is 11.3 Å². The van der Waals surface area contributed by atoms with Crippen LogP contribution in [0.1, 0.15) is 22.0 Å². The van der Waals surface area contributed by atoms with Gasteiger partial charge in [0.1, 0.15) is 6.04 Å². The van der Waals surface area contributed by atoms with Gasteiger partial charge in [-0.05, 0) is 35.1 Å². The zero-order chi connectivity index (χ0) is 19.3. The standard InChI is InChI=1S/C16H16ClNO2S.CH4O3S/c1-20-16(19)15(12-4-2-3-5-13(12)17)18-8-6-14-11(10-18)7-9-21-14;1-5(2,3)4/h2-5,7,9,15H,6,8,10H2,1H3;1H3,(H,2,3,4)/t15-;/m0./s1. The molecule has 0 amide bonds. The molecule has 1 aliphatic rings. The van der Waals surface area contributed by atoms with Crippen LogP contribution in [0, 0.1) is 0 Å². The number of methoxy groups -OCH3 is 1. The van der Waals surface area contributed by atoms with E-state index in [2.05, 4.69) is 16.3 Å². The molecule has 6 nitrogen and oxygen atoms in total. The Bertz CT molecular complexity index is 858. The zero-order valence-corrected chi connectivity index (χ0v) is 16.8. The first-order valence-electron chi connectivity index (χ1n) is 7.74. The average molecular weight is 418 g/mol. The van der Waals surface area contributed by atoms with E-state index in [9.17, 15) is 13.2 Å². The predicted molar refractivity (Wildman–Crippen MR) is 102 cm³/mol. The molecule has 0 fully saturated rings. The van der Waals surface area contributed by atoms with Crippen LogP contribution in [0.25, 0.3) is 0 Å². The summed E-state index contributed by atoms with van der Waals surface area (Å²) in [5, 5.41) is 2.71. The number of esters is 1. The van der Waals surface area contributed by atoms with Crippen LogP contribution in [0.3, 0.4) is 0 Å². The van der Waals surface area contributed by atoms with E-state index in [-0.39, 0.29) is 5.97 Å². The third-order valence-electron chi connectivity index (χ3n) is 3.83. The van der Waals surface area contributed by atoms with E-state index < -0.39 is 16.2 Å². The monoisotopic (exact) mass is 417 g/mol. The van der Waals surface area contributed by atoms with Gasteiger partial charge in [-0.25, -0.2) is 4.79 Å². The van der Waals surface area contributed by atoms with E-state index in [1.165, 1.54) is 17.6 Å². The molecule has 2 heterocycles. The Hall–Kier alpha value is -1.45. The molecule has 0 saturated carbocycles. The minimum absolute atomic E-state index is 0.262. The molecule has 142 valence electrons. The maximum Gasteiger partial charge on any atom is 0.327 e. The molecule has 9 heteroatoms. The molecule has 1 atom stereocenters. The topological polar surface area (TPSA) is 83.9 Å². The Labute approximate surface area is 162 Å². The summed E-state index contributed by atoms with van der Waals surface area (Å²) in [6.07, 6.45) is 1.68. The number of rotatable bonds is 3. The summed E-state index contributed by atoms with van der Waals surface area (Å²) >= 11 is 8.07. The Morgan fingerprint density at radius 3 is 2.62 bits per heavy atom. The summed E-state index contributed by atoms with van der Waals surface area (Å²) in [6, 6.07) is 9.16. The number of benzene rings is 1.